The lowest BCUT2D eigenvalue weighted by molar-refractivity contribution is -0.125. The molecule has 2 aromatic heterocycles. The molecule has 1 fully saturated rings. The number of nitrogens with two attached hydrogens (primary N) is 1. The predicted molar refractivity (Wildman–Crippen MR) is 126 cm³/mol. The summed E-state index contributed by atoms with van der Waals surface area (Å²) in [4.78, 5) is 11.2. The number of fused-ring (bicyclic) bond motifs is 2. The molecule has 3 aromatic rings. The van der Waals surface area contributed by atoms with Crippen LogP contribution in [0.1, 0.15) is 19.4 Å². The molecule has 4 heterocycles. The fourth-order valence-corrected chi connectivity index (χ4v) is 5.81. The number of nitrogens with zero attached hydrogens (tertiary/aromatic N) is 3. The highest BCUT2D eigenvalue weighted by Gasteiger charge is 2.68. The third kappa shape index (κ3) is 3.36. The molecule has 5 rings (SSSR count). The van der Waals surface area contributed by atoms with Gasteiger partial charge in [0.15, 0.2) is 22.6 Å². The normalized spacial score (nSPS) is 28.4. The first-order chi connectivity index (χ1) is 15.6. The standard InChI is InChI=1S/C22H21ClFN5O3S/c1-20(2)18(25)29-21(10-32-19(30)22(21,31)33-20)14-8-13(3-4-15(14)24)28-17-16-11(5-6-26-17)7-12(23)9-27-16/h3-9,19,30-31H,10H2,1-2H3,(H2,25,29)(H,26,28)/t19?,21-,22+/m1/s1. The number of amidine groups is 1. The summed E-state index contributed by atoms with van der Waals surface area (Å²) in [5.74, 6) is 0.0353. The average Bonchev–Trinajstić information content (AvgIpc) is 3.00. The summed E-state index contributed by atoms with van der Waals surface area (Å²) >= 11 is 7.03. The third-order valence-corrected chi connectivity index (χ3v) is 7.73. The molecular formula is C22H21ClFN5O3S. The molecule has 11 heteroatoms. The van der Waals surface area contributed by atoms with Gasteiger partial charge in [-0.05, 0) is 44.2 Å². The number of hydrogen-bond acceptors (Lipinski definition) is 9. The molecule has 5 N–H and O–H groups in total. The van der Waals surface area contributed by atoms with Gasteiger partial charge in [-0.25, -0.2) is 9.37 Å². The van der Waals surface area contributed by atoms with Crippen molar-refractivity contribution in [2.75, 3.05) is 11.9 Å². The van der Waals surface area contributed by atoms with Crippen LogP contribution >= 0.6 is 23.4 Å². The molecular weight excluding hydrogens is 469 g/mol. The fraction of sp³-hybridized carbons (Fsp3) is 0.318. The Morgan fingerprint density at radius 3 is 2.85 bits per heavy atom. The van der Waals surface area contributed by atoms with Crippen molar-refractivity contribution in [3.63, 3.8) is 0 Å². The van der Waals surface area contributed by atoms with Crippen LogP contribution in [0.15, 0.2) is 47.7 Å². The van der Waals surface area contributed by atoms with Crippen LogP contribution in [0.3, 0.4) is 0 Å². The number of anilines is 2. The van der Waals surface area contributed by atoms with Crippen molar-refractivity contribution < 1.29 is 19.3 Å². The van der Waals surface area contributed by atoms with Crippen molar-refractivity contribution in [1.82, 2.24) is 9.97 Å². The number of pyridine rings is 2. The van der Waals surface area contributed by atoms with Crippen LogP contribution in [0.5, 0.6) is 0 Å². The van der Waals surface area contributed by atoms with Gasteiger partial charge in [0.25, 0.3) is 0 Å². The smallest absolute Gasteiger partial charge is 0.196 e. The molecule has 0 saturated carbocycles. The van der Waals surface area contributed by atoms with Gasteiger partial charge in [0.1, 0.15) is 17.2 Å². The summed E-state index contributed by atoms with van der Waals surface area (Å²) in [5.41, 5.74) is 5.65. The second-order valence-corrected chi connectivity index (χ2v) is 10.8. The lowest BCUT2D eigenvalue weighted by Gasteiger charge is -2.47. The Kier molecular flexibility index (Phi) is 5.07. The van der Waals surface area contributed by atoms with E-state index in [0.29, 0.717) is 22.0 Å². The second-order valence-electron chi connectivity index (χ2n) is 8.53. The molecule has 0 aliphatic carbocycles. The van der Waals surface area contributed by atoms with Crippen LogP contribution in [0.4, 0.5) is 15.9 Å². The minimum Gasteiger partial charge on any atom is -0.386 e. The first-order valence-corrected chi connectivity index (χ1v) is 11.3. The van der Waals surface area contributed by atoms with E-state index in [4.69, 9.17) is 22.1 Å². The van der Waals surface area contributed by atoms with Gasteiger partial charge in [-0.2, -0.15) is 0 Å². The second kappa shape index (κ2) is 7.51. The molecule has 172 valence electrons. The quantitative estimate of drug-likeness (QED) is 0.441. The van der Waals surface area contributed by atoms with Gasteiger partial charge in [-0.15, -0.1) is 11.8 Å². The predicted octanol–water partition coefficient (Wildman–Crippen LogP) is 3.28. The fourth-order valence-electron chi connectivity index (χ4n) is 4.16. The van der Waals surface area contributed by atoms with E-state index < -0.39 is 27.3 Å². The first-order valence-electron chi connectivity index (χ1n) is 10.1. The van der Waals surface area contributed by atoms with E-state index >= 15 is 4.39 Å². The Bertz CT molecular complexity index is 1310. The van der Waals surface area contributed by atoms with Crippen LogP contribution < -0.4 is 11.1 Å². The van der Waals surface area contributed by atoms with Gasteiger partial charge in [0.05, 0.1) is 16.4 Å². The average molecular weight is 490 g/mol. The minimum absolute atomic E-state index is 0.0359. The number of aromatic nitrogens is 2. The number of benzene rings is 1. The minimum atomic E-state index is -1.95. The summed E-state index contributed by atoms with van der Waals surface area (Å²) in [6.07, 6.45) is 1.54. The zero-order valence-electron chi connectivity index (χ0n) is 17.7. The number of aliphatic hydroxyl groups excluding tert-OH is 1. The molecule has 2 aliphatic rings. The van der Waals surface area contributed by atoms with Crippen LogP contribution in [0.25, 0.3) is 10.9 Å². The molecule has 0 bridgehead atoms. The van der Waals surface area contributed by atoms with E-state index in [-0.39, 0.29) is 18.0 Å². The number of rotatable bonds is 3. The zero-order chi connectivity index (χ0) is 23.6. The Labute approximate surface area is 198 Å². The van der Waals surface area contributed by atoms with Crippen LogP contribution in [-0.2, 0) is 10.3 Å². The van der Waals surface area contributed by atoms with Crippen molar-refractivity contribution >= 4 is 51.6 Å². The summed E-state index contributed by atoms with van der Waals surface area (Å²) in [6, 6.07) is 7.84. The topological polar surface area (TPSA) is 126 Å². The van der Waals surface area contributed by atoms with Crippen molar-refractivity contribution in [2.24, 2.45) is 10.7 Å². The van der Waals surface area contributed by atoms with Gasteiger partial charge in [-0.1, -0.05) is 11.6 Å². The van der Waals surface area contributed by atoms with Gasteiger partial charge in [-0.3, -0.25) is 9.98 Å². The Morgan fingerprint density at radius 2 is 2.06 bits per heavy atom. The van der Waals surface area contributed by atoms with E-state index in [1.807, 2.05) is 0 Å². The van der Waals surface area contributed by atoms with Crippen LogP contribution in [0.2, 0.25) is 5.02 Å². The SMILES string of the molecule is CC1(C)S[C@@]2(O)C(O)OC[C@]2(c2cc(Nc3nccc4cc(Cl)cnc34)ccc2F)N=C1N. The molecule has 1 unspecified atom stereocenters. The highest BCUT2D eigenvalue weighted by atomic mass is 35.5. The molecule has 0 amide bonds. The molecule has 0 spiro atoms. The highest BCUT2D eigenvalue weighted by Crippen LogP contribution is 2.58. The van der Waals surface area contributed by atoms with Gasteiger partial charge in [0, 0.05) is 29.0 Å². The van der Waals surface area contributed by atoms with Crippen LogP contribution in [-0.4, -0.2) is 48.6 Å². The van der Waals surface area contributed by atoms with Gasteiger partial charge >= 0.3 is 0 Å². The van der Waals surface area contributed by atoms with E-state index in [9.17, 15) is 10.2 Å². The third-order valence-electron chi connectivity index (χ3n) is 5.96. The largest absolute Gasteiger partial charge is 0.386 e. The lowest BCUT2D eigenvalue weighted by Crippen LogP contribution is -2.60. The summed E-state index contributed by atoms with van der Waals surface area (Å²) in [5, 5.41) is 26.4. The maximum atomic E-state index is 15.2. The summed E-state index contributed by atoms with van der Waals surface area (Å²) in [7, 11) is 0. The number of ether oxygens (including phenoxy) is 1. The number of nitrogens with one attached hydrogen (secondary N) is 1. The Balaban J connectivity index is 1.62. The molecule has 3 atom stereocenters. The Hall–Kier alpha value is -2.50. The van der Waals surface area contributed by atoms with Gasteiger partial charge < -0.3 is 26.0 Å². The number of halogens is 2. The van der Waals surface area contributed by atoms with Crippen molar-refractivity contribution in [1.29, 1.82) is 0 Å². The van der Waals surface area contributed by atoms with E-state index in [1.165, 1.54) is 24.4 Å². The van der Waals surface area contributed by atoms with Crippen molar-refractivity contribution in [3.05, 3.63) is 59.1 Å². The number of thioether (sulfide) groups is 1. The molecule has 1 saturated heterocycles. The number of aliphatic hydroxyl groups is 2. The molecule has 0 radical (unpaired) electrons. The highest BCUT2D eigenvalue weighted by molar-refractivity contribution is 8.02. The van der Waals surface area contributed by atoms with Crippen molar-refractivity contribution in [3.8, 4) is 0 Å². The number of aliphatic imine (C=N–C) groups is 1. The molecule has 8 nitrogen and oxygen atoms in total. The maximum Gasteiger partial charge on any atom is 0.196 e. The van der Waals surface area contributed by atoms with E-state index in [2.05, 4.69) is 20.3 Å². The maximum absolute atomic E-state index is 15.2. The number of hydrogen-bond donors (Lipinski definition) is 4. The van der Waals surface area contributed by atoms with Gasteiger partial charge in [0.2, 0.25) is 0 Å². The molecule has 2 aliphatic heterocycles. The molecule has 33 heavy (non-hydrogen) atoms. The first kappa shape index (κ1) is 22.3. The van der Waals surface area contributed by atoms with E-state index in [1.54, 1.807) is 32.2 Å². The lowest BCUT2D eigenvalue weighted by atomic mass is 9.84. The monoisotopic (exact) mass is 489 g/mol. The molecule has 1 aromatic carbocycles. The summed E-state index contributed by atoms with van der Waals surface area (Å²) in [6.45, 7) is 3.29. The zero-order valence-corrected chi connectivity index (χ0v) is 19.3. The van der Waals surface area contributed by atoms with E-state index in [0.717, 1.165) is 17.1 Å². The summed E-state index contributed by atoms with van der Waals surface area (Å²) < 4.78 is 19.8. The van der Waals surface area contributed by atoms with Crippen LogP contribution in [0, 0.1) is 5.82 Å². The van der Waals surface area contributed by atoms with Crippen molar-refractivity contribution in [2.45, 2.75) is 35.4 Å². The Morgan fingerprint density at radius 1 is 1.27 bits per heavy atom.